The minimum absolute atomic E-state index is 0.0862. The topological polar surface area (TPSA) is 52.0 Å². The molecular formula is C30H23FN2O2S. The molecule has 0 bridgehead atoms. The zero-order valence-electron chi connectivity index (χ0n) is 19.8. The summed E-state index contributed by atoms with van der Waals surface area (Å²) in [5.41, 5.74) is 4.27. The van der Waals surface area contributed by atoms with Crippen molar-refractivity contribution in [1.82, 2.24) is 9.55 Å². The number of para-hydroxylation sites is 1. The number of fused-ring (bicyclic) bond motifs is 1. The number of ketones is 1. The van der Waals surface area contributed by atoms with Crippen molar-refractivity contribution in [1.29, 1.82) is 0 Å². The van der Waals surface area contributed by atoms with Gasteiger partial charge in [-0.05, 0) is 55.8 Å². The van der Waals surface area contributed by atoms with Crippen LogP contribution in [0.4, 0.5) is 4.39 Å². The van der Waals surface area contributed by atoms with Gasteiger partial charge in [0.25, 0.3) is 5.56 Å². The van der Waals surface area contributed by atoms with Crippen molar-refractivity contribution >= 4 is 28.4 Å². The van der Waals surface area contributed by atoms with Gasteiger partial charge in [-0.1, -0.05) is 83.6 Å². The lowest BCUT2D eigenvalue weighted by atomic mass is 10.0. The smallest absolute Gasteiger partial charge is 0.266 e. The predicted molar refractivity (Wildman–Crippen MR) is 143 cm³/mol. The summed E-state index contributed by atoms with van der Waals surface area (Å²) in [6.07, 6.45) is 0. The fourth-order valence-corrected chi connectivity index (χ4v) is 5.19. The Morgan fingerprint density at radius 3 is 2.11 bits per heavy atom. The Labute approximate surface area is 212 Å². The van der Waals surface area contributed by atoms with E-state index in [4.69, 9.17) is 4.98 Å². The molecule has 5 rings (SSSR count). The first kappa shape index (κ1) is 23.7. The molecule has 0 spiro atoms. The predicted octanol–water partition coefficient (Wildman–Crippen LogP) is 6.86. The Kier molecular flexibility index (Phi) is 6.53. The molecule has 178 valence electrons. The van der Waals surface area contributed by atoms with E-state index in [1.54, 1.807) is 30.3 Å². The Hall–Kier alpha value is -4.03. The molecule has 0 radical (unpaired) electrons. The zero-order valence-corrected chi connectivity index (χ0v) is 20.6. The number of hydrogen-bond donors (Lipinski definition) is 0. The third-order valence-corrected chi connectivity index (χ3v) is 7.21. The van der Waals surface area contributed by atoms with Crippen molar-refractivity contribution in [2.45, 2.75) is 24.3 Å². The number of aromatic nitrogens is 2. The number of carbonyl (C=O) groups excluding carboxylic acids is 1. The lowest BCUT2D eigenvalue weighted by Crippen LogP contribution is -2.23. The molecule has 1 aromatic heterocycles. The molecule has 0 N–H and O–H groups in total. The second-order valence-corrected chi connectivity index (χ2v) is 9.74. The van der Waals surface area contributed by atoms with Crippen LogP contribution in [0.25, 0.3) is 16.6 Å². The van der Waals surface area contributed by atoms with Crippen molar-refractivity contribution in [3.05, 3.63) is 135 Å². The van der Waals surface area contributed by atoms with Gasteiger partial charge in [0.2, 0.25) is 0 Å². The normalized spacial score (nSPS) is 12.0. The van der Waals surface area contributed by atoms with Crippen LogP contribution in [-0.4, -0.2) is 15.3 Å². The number of carbonyl (C=O) groups is 1. The van der Waals surface area contributed by atoms with E-state index in [1.807, 2.05) is 68.4 Å². The molecule has 4 aromatic carbocycles. The molecule has 0 saturated heterocycles. The highest BCUT2D eigenvalue weighted by Gasteiger charge is 2.26. The highest BCUT2D eigenvalue weighted by atomic mass is 32.2. The maximum atomic E-state index is 13.8. The summed E-state index contributed by atoms with van der Waals surface area (Å²) < 4.78 is 15.1. The zero-order chi connectivity index (χ0) is 25.2. The van der Waals surface area contributed by atoms with Crippen molar-refractivity contribution < 1.29 is 9.18 Å². The van der Waals surface area contributed by atoms with Gasteiger partial charge in [-0.25, -0.2) is 9.37 Å². The van der Waals surface area contributed by atoms with Crippen LogP contribution in [0.15, 0.2) is 107 Å². The van der Waals surface area contributed by atoms with Crippen LogP contribution >= 0.6 is 11.8 Å². The summed E-state index contributed by atoms with van der Waals surface area (Å²) in [5.74, 6) is -0.487. The number of halogens is 1. The Morgan fingerprint density at radius 1 is 0.833 bits per heavy atom. The summed E-state index contributed by atoms with van der Waals surface area (Å²) >= 11 is 1.22. The largest absolute Gasteiger partial charge is 0.293 e. The van der Waals surface area contributed by atoms with Gasteiger partial charge in [-0.15, -0.1) is 0 Å². The number of thioether (sulfide) groups is 1. The Morgan fingerprint density at radius 2 is 1.44 bits per heavy atom. The maximum absolute atomic E-state index is 13.8. The van der Waals surface area contributed by atoms with E-state index in [0.717, 1.165) is 16.7 Å². The molecule has 36 heavy (non-hydrogen) atoms. The molecule has 1 heterocycles. The quantitative estimate of drug-likeness (QED) is 0.147. The maximum Gasteiger partial charge on any atom is 0.266 e. The van der Waals surface area contributed by atoms with E-state index in [-0.39, 0.29) is 11.3 Å². The van der Waals surface area contributed by atoms with E-state index in [9.17, 15) is 14.0 Å². The molecular weight excluding hydrogens is 471 g/mol. The monoisotopic (exact) mass is 494 g/mol. The lowest BCUT2D eigenvalue weighted by Gasteiger charge is -2.19. The van der Waals surface area contributed by atoms with Gasteiger partial charge >= 0.3 is 0 Å². The summed E-state index contributed by atoms with van der Waals surface area (Å²) in [5, 5.41) is 0.160. The van der Waals surface area contributed by atoms with Gasteiger partial charge < -0.3 is 0 Å². The molecule has 5 aromatic rings. The highest BCUT2D eigenvalue weighted by Crippen LogP contribution is 2.38. The van der Waals surface area contributed by atoms with Gasteiger partial charge in [-0.3, -0.25) is 14.2 Å². The average molecular weight is 495 g/mol. The van der Waals surface area contributed by atoms with E-state index in [2.05, 4.69) is 0 Å². The standard InChI is InChI=1S/C30H23FN2O2S/c1-19-7-11-21(12-8-19)27(34)28(22-13-9-20(2)10-14-22)36-30-32-26-6-4-3-5-25(26)29(35)33(30)24-17-15-23(31)16-18-24/h3-18,28H,1-2H3. The van der Waals surface area contributed by atoms with Crippen LogP contribution in [0, 0.1) is 19.7 Å². The Balaban J connectivity index is 1.69. The molecule has 0 fully saturated rings. The number of aryl methyl sites for hydroxylation is 2. The minimum atomic E-state index is -0.645. The van der Waals surface area contributed by atoms with Crippen LogP contribution in [0.1, 0.15) is 32.3 Å². The van der Waals surface area contributed by atoms with Crippen LogP contribution in [0.2, 0.25) is 0 Å². The molecule has 6 heteroatoms. The summed E-state index contributed by atoms with van der Waals surface area (Å²) in [4.78, 5) is 32.2. The van der Waals surface area contributed by atoms with Crippen LogP contribution in [-0.2, 0) is 0 Å². The first-order valence-electron chi connectivity index (χ1n) is 11.5. The van der Waals surface area contributed by atoms with Crippen LogP contribution < -0.4 is 5.56 Å². The van der Waals surface area contributed by atoms with E-state index in [1.165, 1.54) is 28.5 Å². The van der Waals surface area contributed by atoms with Crippen molar-refractivity contribution in [2.24, 2.45) is 0 Å². The second-order valence-electron chi connectivity index (χ2n) is 8.67. The fraction of sp³-hybridized carbons (Fsp3) is 0.100. The van der Waals surface area contributed by atoms with Crippen LogP contribution in [0.5, 0.6) is 0 Å². The number of rotatable bonds is 6. The average Bonchev–Trinajstić information content (AvgIpc) is 2.89. The molecule has 1 unspecified atom stereocenters. The van der Waals surface area contributed by atoms with Gasteiger partial charge in [0.15, 0.2) is 10.9 Å². The molecule has 0 aliphatic heterocycles. The molecule has 0 aliphatic carbocycles. The molecule has 0 aliphatic rings. The van der Waals surface area contributed by atoms with E-state index < -0.39 is 11.1 Å². The number of hydrogen-bond acceptors (Lipinski definition) is 4. The summed E-state index contributed by atoms with van der Waals surface area (Å²) in [6, 6.07) is 28.0. The number of benzene rings is 4. The summed E-state index contributed by atoms with van der Waals surface area (Å²) in [6.45, 7) is 3.96. The summed E-state index contributed by atoms with van der Waals surface area (Å²) in [7, 11) is 0. The third-order valence-electron chi connectivity index (χ3n) is 6.01. The first-order chi connectivity index (χ1) is 17.4. The van der Waals surface area contributed by atoms with Crippen molar-refractivity contribution in [3.8, 4) is 5.69 Å². The molecule has 4 nitrogen and oxygen atoms in total. The molecule has 0 amide bonds. The molecule has 0 saturated carbocycles. The van der Waals surface area contributed by atoms with Gasteiger partial charge in [0.05, 0.1) is 16.6 Å². The van der Waals surface area contributed by atoms with Gasteiger partial charge in [-0.2, -0.15) is 0 Å². The molecule has 1 atom stereocenters. The van der Waals surface area contributed by atoms with Gasteiger partial charge in [0.1, 0.15) is 11.1 Å². The van der Waals surface area contributed by atoms with Gasteiger partial charge in [0, 0.05) is 5.56 Å². The highest BCUT2D eigenvalue weighted by molar-refractivity contribution is 8.00. The van der Waals surface area contributed by atoms with Crippen LogP contribution in [0.3, 0.4) is 0 Å². The van der Waals surface area contributed by atoms with E-state index in [0.29, 0.717) is 27.3 Å². The minimum Gasteiger partial charge on any atom is -0.293 e. The number of Topliss-reactive ketones (excluding diaryl/α,β-unsaturated/α-hetero) is 1. The SMILES string of the molecule is Cc1ccc(C(=O)C(Sc2nc3ccccc3c(=O)n2-c2ccc(F)cc2)c2ccc(C)cc2)cc1. The van der Waals surface area contributed by atoms with E-state index >= 15 is 0 Å². The Bertz CT molecular complexity index is 1610. The third kappa shape index (κ3) is 4.72. The first-order valence-corrected chi connectivity index (χ1v) is 12.4. The van der Waals surface area contributed by atoms with Crippen molar-refractivity contribution in [2.75, 3.05) is 0 Å². The fourth-order valence-electron chi connectivity index (χ4n) is 4.00. The lowest BCUT2D eigenvalue weighted by molar-refractivity contribution is 0.0989. The number of nitrogens with zero attached hydrogens (tertiary/aromatic N) is 2. The second kappa shape index (κ2) is 9.91. The van der Waals surface area contributed by atoms with Crippen molar-refractivity contribution in [3.63, 3.8) is 0 Å².